The number of rotatable bonds is 12. The van der Waals surface area contributed by atoms with Crippen LogP contribution in [0.1, 0.15) is 38.7 Å². The fourth-order valence-corrected chi connectivity index (χ4v) is 4.96. The van der Waals surface area contributed by atoms with Gasteiger partial charge in [0.2, 0.25) is 17.7 Å². The fraction of sp³-hybridized carbons (Fsp3) is 0.481. The molecule has 0 saturated carbocycles. The van der Waals surface area contributed by atoms with Crippen molar-refractivity contribution in [1.82, 2.24) is 21.3 Å². The second-order valence-electron chi connectivity index (χ2n) is 9.94. The second-order valence-corrected chi connectivity index (χ2v) is 10.3. The first kappa shape index (κ1) is 28.3. The van der Waals surface area contributed by atoms with Gasteiger partial charge in [0.15, 0.2) is 0 Å². The molecule has 0 aromatic heterocycles. The van der Waals surface area contributed by atoms with Crippen molar-refractivity contribution in [2.24, 2.45) is 11.8 Å². The number of benzene rings is 2. The standard InChI is InChI=1S/C27H36N4O5S/c1-16(2)12-22(25(33)29-20(15-37)13-19-10-11-28-24(19)32)30-26(34)23(31-27(35)36)14-18-8-5-7-17-6-3-4-9-21(17)18/h3-9,16,19-20,22-23,31,37H,10-15H2,1-2H3,(H,28,32)(H,29,33)(H,30,34)(H,35,36)/t19-,20?,22?,23?/m0/s1. The molecule has 37 heavy (non-hydrogen) atoms. The van der Waals surface area contributed by atoms with Crippen LogP contribution in [0, 0.1) is 11.8 Å². The Balaban J connectivity index is 1.74. The van der Waals surface area contributed by atoms with Gasteiger partial charge in [-0.1, -0.05) is 56.3 Å². The first-order chi connectivity index (χ1) is 17.7. The number of carbonyl (C=O) groups is 4. The summed E-state index contributed by atoms with van der Waals surface area (Å²) in [5, 5.41) is 22.1. The summed E-state index contributed by atoms with van der Waals surface area (Å²) in [5.41, 5.74) is 0.821. The van der Waals surface area contributed by atoms with Crippen LogP contribution in [0.4, 0.5) is 4.79 Å². The van der Waals surface area contributed by atoms with Crippen LogP contribution in [0.5, 0.6) is 0 Å². The molecule has 2 aromatic rings. The maximum Gasteiger partial charge on any atom is 0.405 e. The molecule has 0 aliphatic carbocycles. The van der Waals surface area contributed by atoms with Crippen molar-refractivity contribution >= 4 is 47.2 Å². The van der Waals surface area contributed by atoms with E-state index < -0.39 is 24.1 Å². The van der Waals surface area contributed by atoms with Crippen molar-refractivity contribution in [2.75, 3.05) is 12.3 Å². The zero-order chi connectivity index (χ0) is 26.9. The van der Waals surface area contributed by atoms with E-state index in [1.165, 1.54) is 0 Å². The summed E-state index contributed by atoms with van der Waals surface area (Å²) in [5.74, 6) is -0.714. The molecule has 10 heteroatoms. The molecular weight excluding hydrogens is 492 g/mol. The van der Waals surface area contributed by atoms with Gasteiger partial charge in [-0.05, 0) is 41.5 Å². The third-order valence-corrected chi connectivity index (χ3v) is 7.00. The summed E-state index contributed by atoms with van der Waals surface area (Å²) in [6, 6.07) is 11.1. The zero-order valence-electron chi connectivity index (χ0n) is 21.2. The lowest BCUT2D eigenvalue weighted by atomic mass is 9.97. The van der Waals surface area contributed by atoms with Crippen molar-refractivity contribution in [3.63, 3.8) is 0 Å². The number of amides is 4. The van der Waals surface area contributed by atoms with Crippen molar-refractivity contribution in [1.29, 1.82) is 0 Å². The lowest BCUT2D eigenvalue weighted by Crippen LogP contribution is -2.56. The Morgan fingerprint density at radius 3 is 2.38 bits per heavy atom. The molecule has 4 amide bonds. The van der Waals surface area contributed by atoms with Crippen molar-refractivity contribution in [3.8, 4) is 0 Å². The molecule has 5 N–H and O–H groups in total. The predicted octanol–water partition coefficient (Wildman–Crippen LogP) is 2.49. The van der Waals surface area contributed by atoms with Crippen LogP contribution in [0.15, 0.2) is 42.5 Å². The number of carboxylic acid groups (broad SMARTS) is 1. The SMILES string of the molecule is CC(C)CC(NC(=O)C(Cc1cccc2ccccc12)NC(=O)O)C(=O)NC(CS)C[C@@H]1CCNC1=O. The van der Waals surface area contributed by atoms with Crippen molar-refractivity contribution < 1.29 is 24.3 Å². The molecule has 3 rings (SSSR count). The largest absolute Gasteiger partial charge is 0.465 e. The summed E-state index contributed by atoms with van der Waals surface area (Å²) in [4.78, 5) is 50.0. The molecule has 200 valence electrons. The number of thiol groups is 1. The highest BCUT2D eigenvalue weighted by Gasteiger charge is 2.31. The maximum atomic E-state index is 13.3. The highest BCUT2D eigenvalue weighted by atomic mass is 32.1. The second kappa shape index (κ2) is 13.3. The van der Waals surface area contributed by atoms with Gasteiger partial charge in [-0.2, -0.15) is 12.6 Å². The van der Waals surface area contributed by atoms with Gasteiger partial charge in [0.05, 0.1) is 0 Å². The number of fused-ring (bicyclic) bond motifs is 1. The highest BCUT2D eigenvalue weighted by molar-refractivity contribution is 7.80. The molecule has 3 unspecified atom stereocenters. The van der Waals surface area contributed by atoms with E-state index in [-0.39, 0.29) is 36.1 Å². The van der Waals surface area contributed by atoms with E-state index in [9.17, 15) is 24.3 Å². The van der Waals surface area contributed by atoms with Gasteiger partial charge in [0.1, 0.15) is 12.1 Å². The molecule has 1 aliphatic rings. The van der Waals surface area contributed by atoms with Gasteiger partial charge < -0.3 is 26.4 Å². The first-order valence-corrected chi connectivity index (χ1v) is 13.3. The minimum absolute atomic E-state index is 0.0240. The van der Waals surface area contributed by atoms with Crippen LogP contribution >= 0.6 is 12.6 Å². The average Bonchev–Trinajstić information content (AvgIpc) is 3.26. The van der Waals surface area contributed by atoms with Crippen LogP contribution in [0.3, 0.4) is 0 Å². The number of carbonyl (C=O) groups excluding carboxylic acids is 3. The molecule has 1 saturated heterocycles. The summed E-state index contributed by atoms with van der Waals surface area (Å²) in [7, 11) is 0. The van der Waals surface area contributed by atoms with E-state index in [0.717, 1.165) is 16.3 Å². The summed E-state index contributed by atoms with van der Waals surface area (Å²) >= 11 is 4.35. The van der Waals surface area contributed by atoms with Crippen LogP contribution in [-0.4, -0.2) is 59.3 Å². The average molecular weight is 529 g/mol. The van der Waals surface area contributed by atoms with Crippen LogP contribution in [-0.2, 0) is 20.8 Å². The molecule has 0 spiro atoms. The van der Waals surface area contributed by atoms with Crippen LogP contribution in [0.2, 0.25) is 0 Å². The van der Waals surface area contributed by atoms with Gasteiger partial charge in [0, 0.05) is 30.7 Å². The smallest absolute Gasteiger partial charge is 0.405 e. The Morgan fingerprint density at radius 2 is 1.73 bits per heavy atom. The molecule has 0 bridgehead atoms. The molecule has 4 atom stereocenters. The number of nitrogens with one attached hydrogen (secondary N) is 4. The third-order valence-electron chi connectivity index (χ3n) is 6.56. The Kier molecular flexibility index (Phi) is 10.2. The van der Waals surface area contributed by atoms with Gasteiger partial charge in [-0.3, -0.25) is 14.4 Å². The fourth-order valence-electron chi connectivity index (χ4n) is 4.72. The van der Waals surface area contributed by atoms with Crippen LogP contribution < -0.4 is 21.3 Å². The van der Waals surface area contributed by atoms with Gasteiger partial charge >= 0.3 is 6.09 Å². The normalized spacial score (nSPS) is 17.6. The zero-order valence-corrected chi connectivity index (χ0v) is 22.1. The molecule has 1 aliphatic heterocycles. The van der Waals surface area contributed by atoms with E-state index in [1.54, 1.807) is 0 Å². The lowest BCUT2D eigenvalue weighted by molar-refractivity contribution is -0.130. The van der Waals surface area contributed by atoms with E-state index in [1.807, 2.05) is 56.3 Å². The van der Waals surface area contributed by atoms with E-state index in [2.05, 4.69) is 33.9 Å². The minimum Gasteiger partial charge on any atom is -0.465 e. The van der Waals surface area contributed by atoms with Crippen molar-refractivity contribution in [3.05, 3.63) is 48.0 Å². The molecule has 9 nitrogen and oxygen atoms in total. The number of hydrogen-bond acceptors (Lipinski definition) is 5. The summed E-state index contributed by atoms with van der Waals surface area (Å²) in [6.07, 6.45) is 0.353. The summed E-state index contributed by atoms with van der Waals surface area (Å²) in [6.45, 7) is 4.50. The number of hydrogen-bond donors (Lipinski definition) is 6. The molecule has 0 radical (unpaired) electrons. The Labute approximate surface area is 222 Å². The Bertz CT molecular complexity index is 1120. The van der Waals surface area contributed by atoms with E-state index in [4.69, 9.17) is 0 Å². The first-order valence-electron chi connectivity index (χ1n) is 12.6. The molecular formula is C27H36N4O5S. The van der Waals surface area contributed by atoms with E-state index in [0.29, 0.717) is 31.6 Å². The third kappa shape index (κ3) is 8.11. The van der Waals surface area contributed by atoms with Crippen molar-refractivity contribution in [2.45, 2.75) is 57.7 Å². The monoisotopic (exact) mass is 528 g/mol. The highest BCUT2D eigenvalue weighted by Crippen LogP contribution is 2.20. The topological polar surface area (TPSA) is 137 Å². The Hall–Kier alpha value is -3.27. The van der Waals surface area contributed by atoms with Crippen LogP contribution in [0.25, 0.3) is 10.8 Å². The van der Waals surface area contributed by atoms with Gasteiger partial charge in [0.25, 0.3) is 0 Å². The van der Waals surface area contributed by atoms with Gasteiger partial charge in [-0.15, -0.1) is 0 Å². The minimum atomic E-state index is -1.32. The van der Waals surface area contributed by atoms with Gasteiger partial charge in [-0.25, -0.2) is 4.79 Å². The maximum absolute atomic E-state index is 13.3. The Morgan fingerprint density at radius 1 is 1.03 bits per heavy atom. The quantitative estimate of drug-likeness (QED) is 0.235. The molecule has 2 aromatic carbocycles. The molecule has 1 heterocycles. The summed E-state index contributed by atoms with van der Waals surface area (Å²) < 4.78 is 0. The molecule has 1 fully saturated rings. The lowest BCUT2D eigenvalue weighted by Gasteiger charge is -2.26. The predicted molar refractivity (Wildman–Crippen MR) is 146 cm³/mol. The van der Waals surface area contributed by atoms with E-state index >= 15 is 0 Å².